The predicted octanol–water partition coefficient (Wildman–Crippen LogP) is 12.9. The first-order valence-electron chi connectivity index (χ1n) is 19.0. The average Bonchev–Trinajstić information content (AvgIpc) is 3.57. The number of rotatable bonds is 4. The lowest BCUT2D eigenvalue weighted by Gasteiger charge is -2.61. The Morgan fingerprint density at radius 2 is 1.04 bits per heavy atom. The van der Waals surface area contributed by atoms with E-state index in [1.807, 2.05) is 0 Å². The van der Waals surface area contributed by atoms with Crippen LogP contribution in [0.4, 0.5) is 17.1 Å². The maximum atomic E-state index is 2.61. The topological polar surface area (TPSA) is 3.24 Å². The summed E-state index contributed by atoms with van der Waals surface area (Å²) in [4.78, 5) is 2.61. The van der Waals surface area contributed by atoms with Crippen LogP contribution < -0.4 is 4.90 Å². The Morgan fingerprint density at radius 3 is 1.80 bits per heavy atom. The molecule has 6 aromatic rings. The molecule has 4 saturated carbocycles. The minimum absolute atomic E-state index is 0.0317. The van der Waals surface area contributed by atoms with Crippen molar-refractivity contribution < 1.29 is 0 Å². The highest BCUT2D eigenvalue weighted by atomic mass is 15.1. The van der Waals surface area contributed by atoms with Gasteiger partial charge in [0.1, 0.15) is 0 Å². The zero-order valence-electron chi connectivity index (χ0n) is 29.1. The van der Waals surface area contributed by atoms with E-state index in [-0.39, 0.29) is 10.8 Å². The first kappa shape index (κ1) is 28.9. The summed E-state index contributed by atoms with van der Waals surface area (Å²) in [5.41, 5.74) is 18.0. The van der Waals surface area contributed by atoms with Gasteiger partial charge in [0, 0.05) is 27.6 Å². The molecule has 0 heterocycles. The maximum absolute atomic E-state index is 2.61. The van der Waals surface area contributed by atoms with E-state index >= 15 is 0 Å². The molecule has 6 aromatic carbocycles. The first-order valence-corrected chi connectivity index (χ1v) is 19.0. The Hall–Kier alpha value is -4.88. The molecule has 0 saturated heterocycles. The van der Waals surface area contributed by atoms with Crippen LogP contribution in [0, 0.1) is 23.7 Å². The lowest BCUT2D eigenvalue weighted by atomic mass is 9.43. The fourth-order valence-electron chi connectivity index (χ4n) is 12.2. The second-order valence-electron chi connectivity index (χ2n) is 16.5. The molecule has 12 rings (SSSR count). The van der Waals surface area contributed by atoms with Crippen LogP contribution in [-0.2, 0) is 10.8 Å². The van der Waals surface area contributed by atoms with Gasteiger partial charge < -0.3 is 4.90 Å². The molecule has 4 bridgehead atoms. The lowest BCUT2D eigenvalue weighted by molar-refractivity contribution is -0.0399. The van der Waals surface area contributed by atoms with Crippen LogP contribution in [0.25, 0.3) is 33.4 Å². The van der Waals surface area contributed by atoms with Gasteiger partial charge in [-0.15, -0.1) is 0 Å². The van der Waals surface area contributed by atoms with Gasteiger partial charge in [-0.2, -0.15) is 0 Å². The molecule has 1 nitrogen and oxygen atoms in total. The number of fused-ring (bicyclic) bond motifs is 6. The van der Waals surface area contributed by atoms with E-state index in [1.54, 1.807) is 11.1 Å². The Bertz CT molecular complexity index is 2300. The molecule has 4 fully saturated rings. The Kier molecular flexibility index (Phi) is 5.97. The van der Waals surface area contributed by atoms with Crippen LogP contribution in [0.1, 0.15) is 68.2 Å². The van der Waals surface area contributed by atoms with Gasteiger partial charge in [-0.3, -0.25) is 0 Å². The number of para-hydroxylation sites is 1. The van der Waals surface area contributed by atoms with Crippen LogP contribution in [0.2, 0.25) is 0 Å². The Morgan fingerprint density at radius 1 is 0.460 bits per heavy atom. The molecule has 0 aromatic heterocycles. The van der Waals surface area contributed by atoms with Crippen molar-refractivity contribution in [3.63, 3.8) is 0 Å². The fraction of sp³-hybridized carbons (Fsp3) is 0.265. The molecule has 0 N–H and O–H groups in total. The van der Waals surface area contributed by atoms with Crippen molar-refractivity contribution in [3.8, 4) is 33.4 Å². The van der Waals surface area contributed by atoms with E-state index < -0.39 is 0 Å². The molecule has 6 aliphatic carbocycles. The molecule has 0 unspecified atom stereocenters. The molecule has 0 aliphatic heterocycles. The van der Waals surface area contributed by atoms with Crippen LogP contribution >= 0.6 is 0 Å². The summed E-state index contributed by atoms with van der Waals surface area (Å²) >= 11 is 0. The monoisotopic (exact) mass is 645 g/mol. The molecule has 0 radical (unpaired) electrons. The van der Waals surface area contributed by atoms with Crippen molar-refractivity contribution in [1.82, 2.24) is 0 Å². The summed E-state index contributed by atoms with van der Waals surface area (Å²) in [7, 11) is 0. The summed E-state index contributed by atoms with van der Waals surface area (Å²) in [6.07, 6.45) is 7.05. The van der Waals surface area contributed by atoms with Gasteiger partial charge in [0.2, 0.25) is 0 Å². The van der Waals surface area contributed by atoms with Gasteiger partial charge in [-0.1, -0.05) is 129 Å². The number of anilines is 3. The number of hydrogen-bond acceptors (Lipinski definition) is 1. The third-order valence-electron chi connectivity index (χ3n) is 13.9. The summed E-state index contributed by atoms with van der Waals surface area (Å²) < 4.78 is 0. The molecule has 1 spiro atoms. The van der Waals surface area contributed by atoms with E-state index in [4.69, 9.17) is 0 Å². The maximum Gasteiger partial charge on any atom is 0.0543 e. The first-order chi connectivity index (χ1) is 24.5. The minimum Gasteiger partial charge on any atom is -0.309 e. The highest BCUT2D eigenvalue weighted by Crippen LogP contribution is 2.70. The van der Waals surface area contributed by atoms with E-state index in [0.717, 1.165) is 23.7 Å². The molecule has 50 heavy (non-hydrogen) atoms. The smallest absolute Gasteiger partial charge is 0.0543 e. The summed E-state index contributed by atoms with van der Waals surface area (Å²) in [5, 5.41) is 0. The van der Waals surface area contributed by atoms with E-state index in [9.17, 15) is 0 Å². The minimum atomic E-state index is -0.0317. The fourth-order valence-corrected chi connectivity index (χ4v) is 12.2. The number of benzene rings is 6. The molecule has 0 amide bonds. The highest BCUT2D eigenvalue weighted by molar-refractivity contribution is 5.99. The van der Waals surface area contributed by atoms with Gasteiger partial charge >= 0.3 is 0 Å². The molecule has 0 atom stereocenters. The van der Waals surface area contributed by atoms with E-state index in [0.29, 0.717) is 0 Å². The summed E-state index contributed by atoms with van der Waals surface area (Å²) in [6.45, 7) is 4.76. The van der Waals surface area contributed by atoms with Gasteiger partial charge in [0.15, 0.2) is 0 Å². The zero-order valence-corrected chi connectivity index (χ0v) is 29.1. The predicted molar refractivity (Wildman–Crippen MR) is 207 cm³/mol. The van der Waals surface area contributed by atoms with Crippen molar-refractivity contribution in [1.29, 1.82) is 0 Å². The van der Waals surface area contributed by atoms with Crippen LogP contribution in [-0.4, -0.2) is 0 Å². The van der Waals surface area contributed by atoms with Gasteiger partial charge in [-0.05, 0) is 125 Å². The molecule has 1 heteroatoms. The third kappa shape index (κ3) is 3.73. The molecule has 244 valence electrons. The van der Waals surface area contributed by atoms with Gasteiger partial charge in [-0.25, -0.2) is 0 Å². The van der Waals surface area contributed by atoms with Crippen molar-refractivity contribution in [2.24, 2.45) is 23.7 Å². The zero-order chi connectivity index (χ0) is 33.2. The SMILES string of the molecule is CC1(C)c2ccccc2-c2cc(N(c3ccccc3-c3ccccc3)c3cccc4c3-c3ccccc3C43C4CC5CC(C4)CC3C5)ccc21. The molecular weight excluding hydrogens is 603 g/mol. The van der Waals surface area contributed by atoms with Crippen LogP contribution in [0.3, 0.4) is 0 Å². The average molecular weight is 646 g/mol. The van der Waals surface area contributed by atoms with Crippen molar-refractivity contribution in [2.45, 2.75) is 56.8 Å². The van der Waals surface area contributed by atoms with Gasteiger partial charge in [0.25, 0.3) is 0 Å². The Balaban J connectivity index is 1.19. The van der Waals surface area contributed by atoms with Crippen LogP contribution in [0.15, 0.2) is 140 Å². The molecular formula is C49H43N. The van der Waals surface area contributed by atoms with E-state index in [2.05, 4.69) is 158 Å². The highest BCUT2D eigenvalue weighted by Gasteiger charge is 2.61. The van der Waals surface area contributed by atoms with Crippen molar-refractivity contribution in [2.75, 3.05) is 4.90 Å². The second kappa shape index (κ2) is 10.3. The standard InChI is InChI=1S/C49H43N/c1-48(2)41-18-9-6-16-38(41)40-30-36(23-24-42(40)48)50(45-21-11-8-15-37(45)33-13-4-3-5-14-33)46-22-12-20-44-47(46)39-17-7-10-19-43(39)49(44)34-26-31-25-32(28-34)29-35(49)27-31/h3-24,30-32,34-35H,25-29H2,1-2H3. The Labute approximate surface area is 296 Å². The van der Waals surface area contributed by atoms with Crippen molar-refractivity contribution in [3.05, 3.63) is 162 Å². The lowest BCUT2D eigenvalue weighted by Crippen LogP contribution is -2.55. The summed E-state index contributed by atoms with van der Waals surface area (Å²) in [6, 6.07) is 53.2. The largest absolute Gasteiger partial charge is 0.309 e. The normalized spacial score (nSPS) is 25.6. The van der Waals surface area contributed by atoms with E-state index in [1.165, 1.54) is 93.7 Å². The van der Waals surface area contributed by atoms with Crippen molar-refractivity contribution >= 4 is 17.1 Å². The number of hydrogen-bond donors (Lipinski definition) is 0. The molecule has 6 aliphatic rings. The third-order valence-corrected chi connectivity index (χ3v) is 13.9. The van der Waals surface area contributed by atoms with Crippen LogP contribution in [0.5, 0.6) is 0 Å². The number of nitrogens with zero attached hydrogens (tertiary/aromatic N) is 1. The summed E-state index contributed by atoms with van der Waals surface area (Å²) in [5.74, 6) is 3.32. The quantitative estimate of drug-likeness (QED) is 0.184. The van der Waals surface area contributed by atoms with Gasteiger partial charge in [0.05, 0.1) is 11.4 Å². The second-order valence-corrected chi connectivity index (χ2v) is 16.5.